The molecule has 0 aromatic carbocycles. The molecule has 0 amide bonds. The van der Waals surface area contributed by atoms with E-state index in [-0.39, 0.29) is 25.7 Å². The van der Waals surface area contributed by atoms with Crippen LogP contribution in [0.1, 0.15) is 34.6 Å². The zero-order valence-corrected chi connectivity index (χ0v) is 15.1. The van der Waals surface area contributed by atoms with Gasteiger partial charge >= 0.3 is 7.60 Å². The van der Waals surface area contributed by atoms with E-state index in [1.54, 1.807) is 27.7 Å². The maximum Gasteiger partial charge on any atom is 0.367 e. The summed E-state index contributed by atoms with van der Waals surface area (Å²) in [7, 11) is -3.43. The maximum absolute atomic E-state index is 12.8. The highest BCUT2D eigenvalue weighted by atomic mass is 35.5. The van der Waals surface area contributed by atoms with Crippen LogP contribution in [-0.2, 0) is 23.1 Å². The van der Waals surface area contributed by atoms with Gasteiger partial charge in [0.05, 0.1) is 25.7 Å². The first-order valence-electron chi connectivity index (χ1n) is 7.07. The van der Waals surface area contributed by atoms with Gasteiger partial charge in [-0.1, -0.05) is 0 Å². The van der Waals surface area contributed by atoms with Crippen molar-refractivity contribution < 1.29 is 23.1 Å². The molecule has 0 rings (SSSR count). The zero-order chi connectivity index (χ0) is 16.3. The minimum Gasteiger partial charge on any atom is -0.353 e. The van der Waals surface area contributed by atoms with Gasteiger partial charge in [0.15, 0.2) is 6.29 Å². The fourth-order valence-corrected chi connectivity index (χ4v) is 3.17. The van der Waals surface area contributed by atoms with E-state index in [1.165, 1.54) is 0 Å². The van der Waals surface area contributed by atoms with Crippen molar-refractivity contribution in [2.45, 2.75) is 40.9 Å². The predicted octanol–water partition coefficient (Wildman–Crippen LogP) is 4.32. The Morgan fingerprint density at radius 3 is 2.14 bits per heavy atom. The lowest BCUT2D eigenvalue weighted by molar-refractivity contribution is -0.119. The number of hydrogen-bond donors (Lipinski definition) is 0. The third-order valence-corrected chi connectivity index (χ3v) is 4.84. The van der Waals surface area contributed by atoms with Gasteiger partial charge in [-0.2, -0.15) is 0 Å². The topological polar surface area (TPSA) is 54.0 Å². The molecule has 0 heterocycles. The molecule has 0 aliphatic carbocycles. The molecule has 0 saturated carbocycles. The van der Waals surface area contributed by atoms with Crippen LogP contribution in [0.25, 0.3) is 0 Å². The molecule has 5 nitrogen and oxygen atoms in total. The SMILES string of the molecule is CCOC(C)OCC(=C=C(C)CCl)P(=O)(OCC)OCC. The minimum absolute atomic E-state index is 0.0483. The number of ether oxygens (including phenoxy) is 2. The third kappa shape index (κ3) is 8.18. The zero-order valence-electron chi connectivity index (χ0n) is 13.5. The quantitative estimate of drug-likeness (QED) is 0.243. The standard InChI is InChI=1S/C14H26ClO5P/c1-6-17-13(5)18-11-14(9-12(4)10-15)21(16,19-7-2)20-8-3/h13H,6-8,10-11H2,1-5H3. The van der Waals surface area contributed by atoms with Gasteiger partial charge in [0.2, 0.25) is 0 Å². The first kappa shape index (κ1) is 20.9. The van der Waals surface area contributed by atoms with Crippen molar-refractivity contribution >= 4 is 19.2 Å². The van der Waals surface area contributed by atoms with E-state index in [2.05, 4.69) is 5.73 Å². The van der Waals surface area contributed by atoms with Gasteiger partial charge in [-0.3, -0.25) is 4.57 Å². The Kier molecular flexibility index (Phi) is 11.4. The van der Waals surface area contributed by atoms with Crippen LogP contribution < -0.4 is 0 Å². The molecule has 1 unspecified atom stereocenters. The summed E-state index contributed by atoms with van der Waals surface area (Å²) < 4.78 is 34.3. The van der Waals surface area contributed by atoms with Gasteiger partial charge in [-0.25, -0.2) is 0 Å². The monoisotopic (exact) mass is 340 g/mol. The van der Waals surface area contributed by atoms with Crippen LogP contribution in [0.2, 0.25) is 0 Å². The lowest BCUT2D eigenvalue weighted by atomic mass is 10.3. The van der Waals surface area contributed by atoms with Crippen LogP contribution >= 0.6 is 19.2 Å². The minimum atomic E-state index is -3.43. The van der Waals surface area contributed by atoms with Gasteiger partial charge < -0.3 is 18.5 Å². The van der Waals surface area contributed by atoms with Crippen molar-refractivity contribution in [1.82, 2.24) is 0 Å². The van der Waals surface area contributed by atoms with Crippen molar-refractivity contribution in [1.29, 1.82) is 0 Å². The summed E-state index contributed by atoms with van der Waals surface area (Å²) in [4.78, 5) is 0. The van der Waals surface area contributed by atoms with Crippen LogP contribution in [0.4, 0.5) is 0 Å². The summed E-state index contributed by atoms with van der Waals surface area (Å²) in [6.07, 6.45) is -0.417. The average molecular weight is 341 g/mol. The van der Waals surface area contributed by atoms with Gasteiger partial charge in [0.25, 0.3) is 0 Å². The van der Waals surface area contributed by atoms with Crippen LogP contribution in [0.15, 0.2) is 16.6 Å². The Bertz CT molecular complexity index is 394. The number of alkyl halides is 1. The molecule has 0 aromatic heterocycles. The molecule has 0 spiro atoms. The second kappa shape index (κ2) is 11.4. The van der Waals surface area contributed by atoms with Crippen molar-refractivity contribution in [3.05, 3.63) is 16.6 Å². The largest absolute Gasteiger partial charge is 0.367 e. The van der Waals surface area contributed by atoms with E-state index in [9.17, 15) is 4.57 Å². The maximum atomic E-state index is 12.8. The second-order valence-electron chi connectivity index (χ2n) is 4.15. The van der Waals surface area contributed by atoms with Crippen LogP contribution in [0, 0.1) is 0 Å². The van der Waals surface area contributed by atoms with Crippen molar-refractivity contribution in [2.24, 2.45) is 0 Å². The fourth-order valence-electron chi connectivity index (χ4n) is 1.48. The molecule has 0 aliphatic rings. The average Bonchev–Trinajstić information content (AvgIpc) is 2.43. The number of hydrogen-bond acceptors (Lipinski definition) is 5. The van der Waals surface area contributed by atoms with Gasteiger partial charge in [-0.15, -0.1) is 17.3 Å². The van der Waals surface area contributed by atoms with E-state index >= 15 is 0 Å². The Hall–Kier alpha value is -0.120. The molecule has 7 heteroatoms. The summed E-state index contributed by atoms with van der Waals surface area (Å²) in [5.41, 5.74) is 3.72. The smallest absolute Gasteiger partial charge is 0.353 e. The molecule has 0 fully saturated rings. The molecule has 0 aliphatic heterocycles. The highest BCUT2D eigenvalue weighted by Crippen LogP contribution is 2.55. The van der Waals surface area contributed by atoms with Crippen LogP contribution in [0.3, 0.4) is 0 Å². The third-order valence-electron chi connectivity index (χ3n) is 2.34. The number of halogens is 1. The molecule has 0 radical (unpaired) electrons. The summed E-state index contributed by atoms with van der Waals surface area (Å²) in [5.74, 6) is 0.281. The molecule has 0 N–H and O–H groups in total. The molecule has 21 heavy (non-hydrogen) atoms. The lowest BCUT2D eigenvalue weighted by Crippen LogP contribution is -2.15. The van der Waals surface area contributed by atoms with Crippen molar-refractivity contribution in [2.75, 3.05) is 32.3 Å². The Labute approximate surface area is 132 Å². The van der Waals surface area contributed by atoms with Crippen LogP contribution in [0.5, 0.6) is 0 Å². The Morgan fingerprint density at radius 2 is 1.71 bits per heavy atom. The molecular formula is C14H26ClO5P. The number of rotatable bonds is 11. The molecule has 0 saturated heterocycles. The van der Waals surface area contributed by atoms with Gasteiger partial charge in [0, 0.05) is 6.61 Å². The molecule has 124 valence electrons. The first-order chi connectivity index (χ1) is 9.93. The summed E-state index contributed by atoms with van der Waals surface area (Å²) in [6, 6.07) is 0. The van der Waals surface area contributed by atoms with Crippen molar-refractivity contribution in [3.8, 4) is 0 Å². The second-order valence-corrected chi connectivity index (χ2v) is 6.47. The van der Waals surface area contributed by atoms with Gasteiger partial charge in [0.1, 0.15) is 5.31 Å². The summed E-state index contributed by atoms with van der Waals surface area (Å²) >= 11 is 5.76. The fraction of sp³-hybridized carbons (Fsp3) is 0.786. The van der Waals surface area contributed by atoms with Gasteiger partial charge in [-0.05, 0) is 40.2 Å². The van der Waals surface area contributed by atoms with Crippen LogP contribution in [-0.4, -0.2) is 38.6 Å². The normalized spacial score (nSPS) is 12.9. The highest BCUT2D eigenvalue weighted by molar-refractivity contribution is 7.58. The van der Waals surface area contributed by atoms with E-state index in [1.807, 2.05) is 6.92 Å². The Morgan fingerprint density at radius 1 is 1.14 bits per heavy atom. The van der Waals surface area contributed by atoms with E-state index in [0.717, 1.165) is 5.57 Å². The molecule has 0 bridgehead atoms. The van der Waals surface area contributed by atoms with E-state index in [0.29, 0.717) is 11.9 Å². The van der Waals surface area contributed by atoms with Crippen molar-refractivity contribution in [3.63, 3.8) is 0 Å². The lowest BCUT2D eigenvalue weighted by Gasteiger charge is -2.20. The molecule has 1 atom stereocenters. The Balaban J connectivity index is 5.31. The van der Waals surface area contributed by atoms with E-state index < -0.39 is 13.9 Å². The van der Waals surface area contributed by atoms with E-state index in [4.69, 9.17) is 30.1 Å². The predicted molar refractivity (Wildman–Crippen MR) is 84.8 cm³/mol. The molecule has 0 aromatic rings. The highest BCUT2D eigenvalue weighted by Gasteiger charge is 2.30. The summed E-state index contributed by atoms with van der Waals surface area (Å²) in [6.45, 7) is 10.1. The first-order valence-corrected chi connectivity index (χ1v) is 9.15. The molecular weight excluding hydrogens is 315 g/mol. The summed E-state index contributed by atoms with van der Waals surface area (Å²) in [5, 5.41) is 0.330.